The van der Waals surface area contributed by atoms with E-state index in [9.17, 15) is 4.79 Å². The quantitative estimate of drug-likeness (QED) is 0.377. The molecule has 0 aromatic heterocycles. The summed E-state index contributed by atoms with van der Waals surface area (Å²) in [5.74, 6) is 2.86. The van der Waals surface area contributed by atoms with Crippen LogP contribution in [0.25, 0.3) is 0 Å². The molecule has 0 saturated heterocycles. The SMILES string of the molecule is CC(C)CCOc1ccc(C(=O)Nc2ccc(OCCC3CCCCC3)cc2)cc1Br. The van der Waals surface area contributed by atoms with Crippen LogP contribution in [-0.4, -0.2) is 19.1 Å². The smallest absolute Gasteiger partial charge is 0.255 e. The van der Waals surface area contributed by atoms with Crippen LogP contribution in [-0.2, 0) is 0 Å². The van der Waals surface area contributed by atoms with Crippen LogP contribution in [0.5, 0.6) is 11.5 Å². The summed E-state index contributed by atoms with van der Waals surface area (Å²) in [6.45, 7) is 5.76. The number of rotatable bonds is 10. The molecule has 0 radical (unpaired) electrons. The third-order valence-electron chi connectivity index (χ3n) is 5.78. The molecule has 2 aromatic carbocycles. The van der Waals surface area contributed by atoms with Crippen molar-refractivity contribution in [2.24, 2.45) is 11.8 Å². The van der Waals surface area contributed by atoms with E-state index in [0.29, 0.717) is 18.1 Å². The lowest BCUT2D eigenvalue weighted by molar-refractivity contribution is 0.102. The standard InChI is InChI=1S/C26H34BrNO3/c1-19(2)14-16-31-25-13-8-21(18-24(25)27)26(29)28-22-9-11-23(12-10-22)30-17-15-20-6-4-3-5-7-20/h8-13,18-20H,3-7,14-17H2,1-2H3,(H,28,29). The summed E-state index contributed by atoms with van der Waals surface area (Å²) in [4.78, 5) is 12.6. The summed E-state index contributed by atoms with van der Waals surface area (Å²) < 4.78 is 12.5. The molecular weight excluding hydrogens is 454 g/mol. The fraction of sp³-hybridized carbons (Fsp3) is 0.500. The van der Waals surface area contributed by atoms with Crippen LogP contribution in [0, 0.1) is 11.8 Å². The number of amides is 1. The van der Waals surface area contributed by atoms with Gasteiger partial charge in [0.2, 0.25) is 0 Å². The molecular formula is C26H34BrNO3. The fourth-order valence-electron chi connectivity index (χ4n) is 3.82. The number of ether oxygens (including phenoxy) is 2. The highest BCUT2D eigenvalue weighted by Gasteiger charge is 2.13. The largest absolute Gasteiger partial charge is 0.494 e. The Morgan fingerprint density at radius 1 is 1.03 bits per heavy atom. The minimum absolute atomic E-state index is 0.152. The fourth-order valence-corrected chi connectivity index (χ4v) is 4.31. The first-order chi connectivity index (χ1) is 15.0. The zero-order valence-electron chi connectivity index (χ0n) is 18.7. The van der Waals surface area contributed by atoms with Crippen molar-refractivity contribution >= 4 is 27.5 Å². The molecule has 0 bridgehead atoms. The summed E-state index contributed by atoms with van der Waals surface area (Å²) in [6.07, 6.45) is 8.93. The molecule has 31 heavy (non-hydrogen) atoms. The Kier molecular flexibility index (Phi) is 9.26. The number of hydrogen-bond donors (Lipinski definition) is 1. The first-order valence-electron chi connectivity index (χ1n) is 11.5. The van der Waals surface area contributed by atoms with E-state index in [-0.39, 0.29) is 5.91 Å². The lowest BCUT2D eigenvalue weighted by Gasteiger charge is -2.21. The summed E-state index contributed by atoms with van der Waals surface area (Å²) in [7, 11) is 0. The zero-order chi connectivity index (χ0) is 22.1. The minimum atomic E-state index is -0.152. The Hall–Kier alpha value is -2.01. The van der Waals surface area contributed by atoms with Crippen LogP contribution < -0.4 is 14.8 Å². The van der Waals surface area contributed by atoms with Crippen LogP contribution in [0.1, 0.15) is 69.2 Å². The van der Waals surface area contributed by atoms with Gasteiger partial charge in [0.25, 0.3) is 5.91 Å². The van der Waals surface area contributed by atoms with Gasteiger partial charge < -0.3 is 14.8 Å². The summed E-state index contributed by atoms with van der Waals surface area (Å²) >= 11 is 3.51. The molecule has 2 aromatic rings. The molecule has 1 fully saturated rings. The van der Waals surface area contributed by atoms with Gasteiger partial charge in [-0.05, 0) is 83.1 Å². The molecule has 1 aliphatic rings. The Balaban J connectivity index is 1.46. The number of carbonyl (C=O) groups excluding carboxylic acids is 1. The zero-order valence-corrected chi connectivity index (χ0v) is 20.2. The molecule has 3 rings (SSSR count). The minimum Gasteiger partial charge on any atom is -0.494 e. The van der Waals surface area contributed by atoms with Gasteiger partial charge in [-0.15, -0.1) is 0 Å². The van der Waals surface area contributed by atoms with Crippen LogP contribution >= 0.6 is 15.9 Å². The average molecular weight is 488 g/mol. The molecule has 1 N–H and O–H groups in total. The molecule has 1 amide bonds. The van der Waals surface area contributed by atoms with Crippen LogP contribution in [0.3, 0.4) is 0 Å². The normalized spacial score (nSPS) is 14.5. The van der Waals surface area contributed by atoms with Crippen LogP contribution in [0.4, 0.5) is 5.69 Å². The lowest BCUT2D eigenvalue weighted by atomic mass is 9.87. The number of benzene rings is 2. The van der Waals surface area contributed by atoms with Crippen molar-refractivity contribution in [3.63, 3.8) is 0 Å². The van der Waals surface area contributed by atoms with Gasteiger partial charge >= 0.3 is 0 Å². The van der Waals surface area contributed by atoms with Gasteiger partial charge in [-0.1, -0.05) is 46.0 Å². The molecule has 1 saturated carbocycles. The predicted octanol–water partition coefficient (Wildman–Crippen LogP) is 7.48. The number of halogens is 1. The highest BCUT2D eigenvalue weighted by molar-refractivity contribution is 9.10. The number of hydrogen-bond acceptors (Lipinski definition) is 3. The molecule has 5 heteroatoms. The van der Waals surface area contributed by atoms with Crippen LogP contribution in [0.2, 0.25) is 0 Å². The van der Waals surface area contributed by atoms with Crippen molar-refractivity contribution < 1.29 is 14.3 Å². The van der Waals surface area contributed by atoms with Crippen molar-refractivity contribution in [1.29, 1.82) is 0 Å². The Bertz CT molecular complexity index is 829. The van der Waals surface area contributed by atoms with E-state index < -0.39 is 0 Å². The van der Waals surface area contributed by atoms with E-state index in [1.165, 1.54) is 32.1 Å². The van der Waals surface area contributed by atoms with Crippen molar-refractivity contribution in [2.75, 3.05) is 18.5 Å². The van der Waals surface area contributed by atoms with E-state index >= 15 is 0 Å². The predicted molar refractivity (Wildman–Crippen MR) is 130 cm³/mol. The monoisotopic (exact) mass is 487 g/mol. The molecule has 4 nitrogen and oxygen atoms in total. The van der Waals surface area contributed by atoms with Gasteiger partial charge in [0.15, 0.2) is 0 Å². The van der Waals surface area contributed by atoms with Gasteiger partial charge in [-0.3, -0.25) is 4.79 Å². The summed E-state index contributed by atoms with van der Waals surface area (Å²) in [5, 5.41) is 2.94. The van der Waals surface area contributed by atoms with Gasteiger partial charge in [0.1, 0.15) is 11.5 Å². The molecule has 0 spiro atoms. The van der Waals surface area contributed by atoms with Gasteiger partial charge in [-0.25, -0.2) is 0 Å². The number of carbonyl (C=O) groups is 1. The first kappa shape index (κ1) is 23.6. The number of anilines is 1. The topological polar surface area (TPSA) is 47.6 Å². The second-order valence-corrected chi connectivity index (χ2v) is 9.65. The Labute approximate surface area is 194 Å². The molecule has 0 heterocycles. The Morgan fingerprint density at radius 3 is 2.45 bits per heavy atom. The van der Waals surface area contributed by atoms with E-state index in [2.05, 4.69) is 35.1 Å². The van der Waals surface area contributed by atoms with Crippen molar-refractivity contribution in [3.8, 4) is 11.5 Å². The maximum atomic E-state index is 12.6. The highest BCUT2D eigenvalue weighted by atomic mass is 79.9. The third kappa shape index (κ3) is 7.88. The third-order valence-corrected chi connectivity index (χ3v) is 6.40. The van der Waals surface area contributed by atoms with Crippen LogP contribution in [0.15, 0.2) is 46.9 Å². The van der Waals surface area contributed by atoms with Crippen molar-refractivity contribution in [3.05, 3.63) is 52.5 Å². The summed E-state index contributed by atoms with van der Waals surface area (Å²) in [5.41, 5.74) is 1.33. The molecule has 0 unspecified atom stereocenters. The molecule has 1 aliphatic carbocycles. The maximum absolute atomic E-state index is 12.6. The lowest BCUT2D eigenvalue weighted by Crippen LogP contribution is -2.12. The van der Waals surface area contributed by atoms with Gasteiger partial charge in [0, 0.05) is 11.3 Å². The van der Waals surface area contributed by atoms with Crippen molar-refractivity contribution in [1.82, 2.24) is 0 Å². The molecule has 0 atom stereocenters. The second-order valence-electron chi connectivity index (χ2n) is 8.80. The van der Waals surface area contributed by atoms with E-state index in [1.54, 1.807) is 12.1 Å². The van der Waals surface area contributed by atoms with Gasteiger partial charge in [-0.2, -0.15) is 0 Å². The maximum Gasteiger partial charge on any atom is 0.255 e. The van der Waals surface area contributed by atoms with Crippen molar-refractivity contribution in [2.45, 2.75) is 58.8 Å². The average Bonchev–Trinajstić information content (AvgIpc) is 2.76. The molecule has 0 aliphatic heterocycles. The number of nitrogens with one attached hydrogen (secondary N) is 1. The summed E-state index contributed by atoms with van der Waals surface area (Å²) in [6, 6.07) is 13.0. The first-order valence-corrected chi connectivity index (χ1v) is 12.3. The Morgan fingerprint density at radius 2 is 1.77 bits per heavy atom. The van der Waals surface area contributed by atoms with Gasteiger partial charge in [0.05, 0.1) is 17.7 Å². The van der Waals surface area contributed by atoms with E-state index in [4.69, 9.17) is 9.47 Å². The van der Waals surface area contributed by atoms with E-state index in [1.807, 2.05) is 30.3 Å². The second kappa shape index (κ2) is 12.1. The highest BCUT2D eigenvalue weighted by Crippen LogP contribution is 2.28. The van der Waals surface area contributed by atoms with E-state index in [0.717, 1.165) is 47.0 Å². The molecule has 168 valence electrons.